The lowest BCUT2D eigenvalue weighted by atomic mass is 10.1. The van der Waals surface area contributed by atoms with Gasteiger partial charge >= 0.3 is 0 Å². The molecule has 0 amide bonds. The molecule has 0 spiro atoms. The van der Waals surface area contributed by atoms with Gasteiger partial charge in [0.2, 0.25) is 0 Å². The smallest absolute Gasteiger partial charge is 0.198 e. The number of aryl methyl sites for hydroxylation is 1. The van der Waals surface area contributed by atoms with Gasteiger partial charge in [0.1, 0.15) is 0 Å². The summed E-state index contributed by atoms with van der Waals surface area (Å²) in [7, 11) is 0. The Balaban J connectivity index is 2.63. The first-order valence-electron chi connectivity index (χ1n) is 3.42. The van der Waals surface area contributed by atoms with Crippen LogP contribution in [0.15, 0.2) is 28.7 Å². The molecule has 0 aliphatic carbocycles. The molecule has 0 aliphatic rings. The maximum Gasteiger partial charge on any atom is 0.198 e. The summed E-state index contributed by atoms with van der Waals surface area (Å²) >= 11 is 3.36. The van der Waals surface area contributed by atoms with Gasteiger partial charge in [0.15, 0.2) is 6.29 Å². The lowest BCUT2D eigenvalue weighted by molar-refractivity contribution is 0.551. The second-order valence-electron chi connectivity index (χ2n) is 2.27. The molecule has 0 fully saturated rings. The molecule has 11 heavy (non-hydrogen) atoms. The summed E-state index contributed by atoms with van der Waals surface area (Å²) in [6.07, 6.45) is 3.13. The van der Waals surface area contributed by atoms with E-state index in [-0.39, 0.29) is 0 Å². The van der Waals surface area contributed by atoms with E-state index in [9.17, 15) is 4.79 Å². The van der Waals surface area contributed by atoms with E-state index in [0.717, 1.165) is 10.9 Å². The van der Waals surface area contributed by atoms with Crippen molar-refractivity contribution in [2.45, 2.75) is 12.8 Å². The van der Waals surface area contributed by atoms with E-state index < -0.39 is 0 Å². The second-order valence-corrected chi connectivity index (χ2v) is 3.19. The zero-order chi connectivity index (χ0) is 8.10. The normalized spacial score (nSPS) is 9.55. The van der Waals surface area contributed by atoms with Crippen molar-refractivity contribution >= 4 is 22.2 Å². The van der Waals surface area contributed by atoms with Crippen molar-refractivity contribution in [3.05, 3.63) is 34.3 Å². The first kappa shape index (κ1) is 8.47. The average molecular weight is 212 g/mol. The molecule has 0 aliphatic heterocycles. The number of rotatable bonds is 3. The van der Waals surface area contributed by atoms with E-state index >= 15 is 0 Å². The summed E-state index contributed by atoms with van der Waals surface area (Å²) in [5.41, 5.74) is 1.17. The molecule has 57 valence electrons. The van der Waals surface area contributed by atoms with Crippen LogP contribution >= 0.6 is 15.9 Å². The van der Waals surface area contributed by atoms with E-state index in [1.807, 2.05) is 30.6 Å². The van der Waals surface area contributed by atoms with Gasteiger partial charge in [0.25, 0.3) is 0 Å². The molecule has 1 nitrogen and oxygen atoms in total. The van der Waals surface area contributed by atoms with Crippen LogP contribution in [-0.4, -0.2) is 6.29 Å². The zero-order valence-corrected chi connectivity index (χ0v) is 7.60. The fraction of sp³-hybridized carbons (Fsp3) is 0.222. The molecular formula is C9H8BrO. The first-order chi connectivity index (χ1) is 5.33. The summed E-state index contributed by atoms with van der Waals surface area (Å²) < 4.78 is 1.06. The van der Waals surface area contributed by atoms with Crippen molar-refractivity contribution in [1.29, 1.82) is 0 Å². The van der Waals surface area contributed by atoms with Gasteiger partial charge in [0.05, 0.1) is 0 Å². The molecule has 0 bridgehead atoms. The van der Waals surface area contributed by atoms with Crippen molar-refractivity contribution in [2.75, 3.05) is 0 Å². The van der Waals surface area contributed by atoms with E-state index in [1.54, 1.807) is 0 Å². The van der Waals surface area contributed by atoms with Crippen molar-refractivity contribution in [3.63, 3.8) is 0 Å². The maximum atomic E-state index is 9.93. The Morgan fingerprint density at radius 3 is 2.91 bits per heavy atom. The molecule has 1 aromatic rings. The van der Waals surface area contributed by atoms with Crippen LogP contribution in [0.1, 0.15) is 12.0 Å². The predicted octanol–water partition coefficient (Wildman–Crippen LogP) is 2.49. The SMILES string of the molecule is O=[C]CCc1cccc(Br)c1. The highest BCUT2D eigenvalue weighted by atomic mass is 79.9. The van der Waals surface area contributed by atoms with Crippen LogP contribution in [0.2, 0.25) is 0 Å². The van der Waals surface area contributed by atoms with Crippen molar-refractivity contribution in [2.24, 2.45) is 0 Å². The van der Waals surface area contributed by atoms with Gasteiger partial charge in [0, 0.05) is 10.9 Å². The Morgan fingerprint density at radius 1 is 1.45 bits per heavy atom. The molecule has 0 atom stereocenters. The number of halogens is 1. The minimum Gasteiger partial charge on any atom is -0.291 e. The molecule has 0 N–H and O–H groups in total. The molecule has 0 saturated heterocycles. The third kappa shape index (κ3) is 2.85. The van der Waals surface area contributed by atoms with Crippen molar-refractivity contribution in [1.82, 2.24) is 0 Å². The second kappa shape index (κ2) is 4.29. The molecule has 1 aromatic carbocycles. The van der Waals surface area contributed by atoms with Crippen LogP contribution in [0.5, 0.6) is 0 Å². The standard InChI is InChI=1S/C9H8BrO/c10-9-5-1-3-8(7-9)4-2-6-11/h1,3,5,7H,2,4H2. The van der Waals surface area contributed by atoms with Crippen LogP contribution in [0, 0.1) is 0 Å². The Kier molecular flexibility index (Phi) is 3.30. The fourth-order valence-corrected chi connectivity index (χ4v) is 1.33. The molecule has 1 rings (SSSR count). The largest absolute Gasteiger partial charge is 0.291 e. The predicted molar refractivity (Wildman–Crippen MR) is 48.2 cm³/mol. The Labute approximate surface area is 74.6 Å². The topological polar surface area (TPSA) is 17.1 Å². The van der Waals surface area contributed by atoms with E-state index in [0.29, 0.717) is 6.42 Å². The van der Waals surface area contributed by atoms with Crippen LogP contribution in [-0.2, 0) is 11.2 Å². The molecule has 0 saturated carbocycles. The highest BCUT2D eigenvalue weighted by molar-refractivity contribution is 9.10. The van der Waals surface area contributed by atoms with Gasteiger partial charge in [-0.05, 0) is 24.1 Å². The Bertz CT molecular complexity index is 245. The summed E-state index contributed by atoms with van der Waals surface area (Å²) in [5.74, 6) is 0. The lowest BCUT2D eigenvalue weighted by Crippen LogP contribution is -1.84. The summed E-state index contributed by atoms with van der Waals surface area (Å²) in [6, 6.07) is 7.94. The van der Waals surface area contributed by atoms with Crippen LogP contribution in [0.4, 0.5) is 0 Å². The third-order valence-electron chi connectivity index (χ3n) is 1.40. The maximum absolute atomic E-state index is 9.93. The van der Waals surface area contributed by atoms with E-state index in [1.165, 1.54) is 5.56 Å². The highest BCUT2D eigenvalue weighted by Gasteiger charge is 1.92. The Hall–Kier alpha value is -0.630. The minimum atomic E-state index is 0.483. The Morgan fingerprint density at radius 2 is 2.27 bits per heavy atom. The highest BCUT2D eigenvalue weighted by Crippen LogP contribution is 2.12. The molecule has 0 heterocycles. The molecule has 2 heteroatoms. The first-order valence-corrected chi connectivity index (χ1v) is 4.21. The summed E-state index contributed by atoms with van der Waals surface area (Å²) in [4.78, 5) is 9.93. The van der Waals surface area contributed by atoms with Crippen LogP contribution in [0.25, 0.3) is 0 Å². The van der Waals surface area contributed by atoms with Gasteiger partial charge in [-0.1, -0.05) is 28.1 Å². The van der Waals surface area contributed by atoms with E-state index in [4.69, 9.17) is 0 Å². The van der Waals surface area contributed by atoms with Crippen LogP contribution in [0.3, 0.4) is 0 Å². The van der Waals surface area contributed by atoms with Gasteiger partial charge in [-0.3, -0.25) is 4.79 Å². The van der Waals surface area contributed by atoms with Crippen molar-refractivity contribution in [3.8, 4) is 0 Å². The van der Waals surface area contributed by atoms with Crippen LogP contribution < -0.4 is 0 Å². The average Bonchev–Trinajstić information content (AvgIpc) is 2.01. The third-order valence-corrected chi connectivity index (χ3v) is 1.90. The molecule has 0 unspecified atom stereocenters. The van der Waals surface area contributed by atoms with Gasteiger partial charge in [-0.25, -0.2) is 0 Å². The lowest BCUT2D eigenvalue weighted by Gasteiger charge is -1.96. The number of carbonyl (C=O) groups excluding carboxylic acids is 1. The van der Waals surface area contributed by atoms with E-state index in [2.05, 4.69) is 15.9 Å². The monoisotopic (exact) mass is 211 g/mol. The minimum absolute atomic E-state index is 0.483. The van der Waals surface area contributed by atoms with Gasteiger partial charge in [-0.2, -0.15) is 0 Å². The number of hydrogen-bond donors (Lipinski definition) is 0. The fourth-order valence-electron chi connectivity index (χ4n) is 0.888. The molecular weight excluding hydrogens is 204 g/mol. The number of benzene rings is 1. The molecule has 0 aromatic heterocycles. The quantitative estimate of drug-likeness (QED) is 0.752. The van der Waals surface area contributed by atoms with Gasteiger partial charge < -0.3 is 0 Å². The van der Waals surface area contributed by atoms with Crippen molar-refractivity contribution < 1.29 is 4.79 Å². The number of hydrogen-bond acceptors (Lipinski definition) is 1. The zero-order valence-electron chi connectivity index (χ0n) is 6.01. The molecule has 1 radical (unpaired) electrons. The summed E-state index contributed by atoms with van der Waals surface area (Å²) in [5, 5.41) is 0. The van der Waals surface area contributed by atoms with Gasteiger partial charge in [-0.15, -0.1) is 0 Å². The summed E-state index contributed by atoms with van der Waals surface area (Å²) in [6.45, 7) is 0.